The molecule has 0 radical (unpaired) electrons. The van der Waals surface area contributed by atoms with E-state index in [0.717, 1.165) is 11.3 Å². The molecule has 0 bridgehead atoms. The van der Waals surface area contributed by atoms with Crippen LogP contribution >= 0.6 is 0 Å². The molecule has 2 aromatic rings. The van der Waals surface area contributed by atoms with E-state index in [4.69, 9.17) is 4.74 Å². The molecule has 2 amide bonds. The second kappa shape index (κ2) is 8.87. The summed E-state index contributed by atoms with van der Waals surface area (Å²) in [4.78, 5) is 26.2. The first kappa shape index (κ1) is 18.5. The summed E-state index contributed by atoms with van der Waals surface area (Å²) < 4.78 is 5.31. The van der Waals surface area contributed by atoms with Crippen molar-refractivity contribution in [2.75, 3.05) is 14.2 Å². The van der Waals surface area contributed by atoms with Gasteiger partial charge in [-0.15, -0.1) is 0 Å². The monoisotopic (exact) mass is 340 g/mol. The van der Waals surface area contributed by atoms with Crippen LogP contribution in [0.5, 0.6) is 5.75 Å². The van der Waals surface area contributed by atoms with E-state index in [1.807, 2.05) is 49.4 Å². The van der Waals surface area contributed by atoms with Crippen LogP contribution in [0.2, 0.25) is 0 Å². The number of rotatable bonds is 7. The average molecular weight is 340 g/mol. The van der Waals surface area contributed by atoms with E-state index in [1.165, 1.54) is 0 Å². The largest absolute Gasteiger partial charge is 0.496 e. The van der Waals surface area contributed by atoms with Crippen LogP contribution in [0.1, 0.15) is 29.3 Å². The Balaban J connectivity index is 1.89. The number of carbonyl (C=O) groups excluding carboxylic acids is 2. The normalized spacial score (nSPS) is 11.5. The van der Waals surface area contributed by atoms with E-state index in [1.54, 1.807) is 31.2 Å². The van der Waals surface area contributed by atoms with Crippen LogP contribution in [0.15, 0.2) is 54.6 Å². The van der Waals surface area contributed by atoms with Crippen LogP contribution in [0.25, 0.3) is 0 Å². The predicted octanol–water partition coefficient (Wildman–Crippen LogP) is 2.86. The summed E-state index contributed by atoms with van der Waals surface area (Å²) in [7, 11) is 3.36. The second-order valence-electron chi connectivity index (χ2n) is 6.01. The molecule has 0 aromatic heterocycles. The number of hydrogen-bond acceptors (Lipinski definition) is 3. The van der Waals surface area contributed by atoms with Gasteiger partial charge in [0.15, 0.2) is 0 Å². The molecule has 0 fully saturated rings. The zero-order valence-corrected chi connectivity index (χ0v) is 14.9. The van der Waals surface area contributed by atoms with Crippen molar-refractivity contribution in [2.24, 2.45) is 0 Å². The van der Waals surface area contributed by atoms with Gasteiger partial charge >= 0.3 is 0 Å². The number of para-hydroxylation sites is 1. The Kier molecular flexibility index (Phi) is 6.57. The third kappa shape index (κ3) is 5.35. The number of nitrogens with zero attached hydrogens (tertiary/aromatic N) is 1. The van der Waals surface area contributed by atoms with Crippen molar-refractivity contribution in [1.29, 1.82) is 0 Å². The lowest BCUT2D eigenvalue weighted by atomic mass is 10.1. The molecule has 2 aromatic carbocycles. The van der Waals surface area contributed by atoms with Crippen molar-refractivity contribution in [3.05, 3.63) is 65.7 Å². The maximum absolute atomic E-state index is 12.4. The third-order valence-electron chi connectivity index (χ3n) is 3.92. The van der Waals surface area contributed by atoms with Crippen molar-refractivity contribution in [1.82, 2.24) is 10.2 Å². The van der Waals surface area contributed by atoms with Gasteiger partial charge in [-0.1, -0.05) is 36.4 Å². The van der Waals surface area contributed by atoms with Gasteiger partial charge in [-0.25, -0.2) is 0 Å². The van der Waals surface area contributed by atoms with Gasteiger partial charge in [0.1, 0.15) is 5.75 Å². The molecule has 1 N–H and O–H groups in total. The first-order valence-electron chi connectivity index (χ1n) is 8.23. The van der Waals surface area contributed by atoms with Gasteiger partial charge in [-0.3, -0.25) is 9.59 Å². The molecule has 5 heteroatoms. The smallest absolute Gasteiger partial charge is 0.251 e. The Labute approximate surface area is 148 Å². The van der Waals surface area contributed by atoms with Gasteiger partial charge in [-0.2, -0.15) is 0 Å². The minimum absolute atomic E-state index is 0.0354. The van der Waals surface area contributed by atoms with E-state index in [0.29, 0.717) is 12.1 Å². The number of methoxy groups -OCH3 is 1. The molecule has 1 unspecified atom stereocenters. The Bertz CT molecular complexity index is 716. The van der Waals surface area contributed by atoms with Gasteiger partial charge in [-0.05, 0) is 25.1 Å². The maximum atomic E-state index is 12.4. The predicted molar refractivity (Wildman–Crippen MR) is 97.5 cm³/mol. The van der Waals surface area contributed by atoms with Gasteiger partial charge in [0.05, 0.1) is 7.11 Å². The van der Waals surface area contributed by atoms with Gasteiger partial charge in [0, 0.05) is 37.2 Å². The first-order valence-corrected chi connectivity index (χ1v) is 8.23. The summed E-state index contributed by atoms with van der Waals surface area (Å²) in [6.07, 6.45) is 0.240. The number of nitrogens with one attached hydrogen (secondary N) is 1. The van der Waals surface area contributed by atoms with Gasteiger partial charge in [0.2, 0.25) is 5.91 Å². The fourth-order valence-electron chi connectivity index (χ4n) is 2.54. The van der Waals surface area contributed by atoms with Crippen LogP contribution in [-0.4, -0.2) is 36.9 Å². The Morgan fingerprint density at radius 1 is 1.08 bits per heavy atom. The zero-order valence-electron chi connectivity index (χ0n) is 14.9. The number of ether oxygens (including phenoxy) is 1. The fraction of sp³-hybridized carbons (Fsp3) is 0.300. The van der Waals surface area contributed by atoms with E-state index in [-0.39, 0.29) is 24.3 Å². The first-order chi connectivity index (χ1) is 12.0. The Hall–Kier alpha value is -2.82. The van der Waals surface area contributed by atoms with E-state index in [9.17, 15) is 9.59 Å². The molecular weight excluding hydrogens is 316 g/mol. The van der Waals surface area contributed by atoms with Crippen LogP contribution in [0, 0.1) is 0 Å². The van der Waals surface area contributed by atoms with Crippen LogP contribution in [0.3, 0.4) is 0 Å². The lowest BCUT2D eigenvalue weighted by molar-refractivity contribution is -0.130. The molecule has 0 saturated carbocycles. The molecule has 132 valence electrons. The summed E-state index contributed by atoms with van der Waals surface area (Å²) in [6.45, 7) is 2.29. The summed E-state index contributed by atoms with van der Waals surface area (Å²) in [6, 6.07) is 16.3. The SMILES string of the molecule is COc1ccccc1CN(C)C(=O)CC(C)NC(=O)c1ccccc1. The minimum atomic E-state index is -0.250. The van der Waals surface area contributed by atoms with Crippen LogP contribution < -0.4 is 10.1 Å². The van der Waals surface area contributed by atoms with Crippen molar-refractivity contribution >= 4 is 11.8 Å². The summed E-state index contributed by atoms with van der Waals surface area (Å²) in [5.41, 5.74) is 1.53. The third-order valence-corrected chi connectivity index (χ3v) is 3.92. The second-order valence-corrected chi connectivity index (χ2v) is 6.01. The number of hydrogen-bond donors (Lipinski definition) is 1. The van der Waals surface area contributed by atoms with Crippen molar-refractivity contribution in [2.45, 2.75) is 25.9 Å². The standard InChI is InChI=1S/C20H24N2O3/c1-15(21-20(24)16-9-5-4-6-10-16)13-19(23)22(2)14-17-11-7-8-12-18(17)25-3/h4-12,15H,13-14H2,1-3H3,(H,21,24). The van der Waals surface area contributed by atoms with Crippen molar-refractivity contribution < 1.29 is 14.3 Å². The summed E-state index contributed by atoms with van der Waals surface area (Å²) in [5, 5.41) is 2.86. The highest BCUT2D eigenvalue weighted by molar-refractivity contribution is 5.94. The highest BCUT2D eigenvalue weighted by atomic mass is 16.5. The van der Waals surface area contributed by atoms with Gasteiger partial charge < -0.3 is 15.0 Å². The van der Waals surface area contributed by atoms with Crippen LogP contribution in [-0.2, 0) is 11.3 Å². The molecule has 1 atom stereocenters. The van der Waals surface area contributed by atoms with E-state index < -0.39 is 0 Å². The lowest BCUT2D eigenvalue weighted by Crippen LogP contribution is -2.37. The lowest BCUT2D eigenvalue weighted by Gasteiger charge is -2.21. The summed E-state index contributed by atoms with van der Waals surface area (Å²) >= 11 is 0. The molecule has 0 heterocycles. The molecule has 0 aliphatic rings. The quantitative estimate of drug-likeness (QED) is 0.843. The highest BCUT2D eigenvalue weighted by Gasteiger charge is 2.17. The topological polar surface area (TPSA) is 58.6 Å². The van der Waals surface area contributed by atoms with Crippen molar-refractivity contribution in [3.8, 4) is 5.75 Å². The number of benzene rings is 2. The molecule has 0 aliphatic carbocycles. The molecule has 0 aliphatic heterocycles. The molecule has 25 heavy (non-hydrogen) atoms. The number of amides is 2. The van der Waals surface area contributed by atoms with Crippen LogP contribution in [0.4, 0.5) is 0 Å². The minimum Gasteiger partial charge on any atom is -0.496 e. The molecule has 0 spiro atoms. The molecule has 2 rings (SSSR count). The zero-order chi connectivity index (χ0) is 18.2. The van der Waals surface area contributed by atoms with Crippen molar-refractivity contribution in [3.63, 3.8) is 0 Å². The summed E-state index contributed by atoms with van der Waals surface area (Å²) in [5.74, 6) is 0.549. The maximum Gasteiger partial charge on any atom is 0.251 e. The average Bonchev–Trinajstić information content (AvgIpc) is 2.62. The van der Waals surface area contributed by atoms with E-state index >= 15 is 0 Å². The molecule has 0 saturated heterocycles. The number of carbonyl (C=O) groups is 2. The fourth-order valence-corrected chi connectivity index (χ4v) is 2.54. The Morgan fingerprint density at radius 3 is 2.40 bits per heavy atom. The molecule has 5 nitrogen and oxygen atoms in total. The highest BCUT2D eigenvalue weighted by Crippen LogP contribution is 2.19. The van der Waals surface area contributed by atoms with E-state index in [2.05, 4.69) is 5.32 Å². The van der Waals surface area contributed by atoms with Gasteiger partial charge in [0.25, 0.3) is 5.91 Å². The Morgan fingerprint density at radius 2 is 1.72 bits per heavy atom. The molecular formula is C20H24N2O3.